The van der Waals surface area contributed by atoms with E-state index in [-0.39, 0.29) is 6.54 Å². The Morgan fingerprint density at radius 1 is 1.10 bits per heavy atom. The summed E-state index contributed by atoms with van der Waals surface area (Å²) in [6.45, 7) is 6.07. The molecule has 6 nitrogen and oxygen atoms in total. The van der Waals surface area contributed by atoms with Crippen LogP contribution in [0.25, 0.3) is 16.9 Å². The van der Waals surface area contributed by atoms with Gasteiger partial charge in [-0.1, -0.05) is 54.1 Å². The molecule has 2 aromatic carbocycles. The van der Waals surface area contributed by atoms with E-state index in [9.17, 15) is 9.59 Å². The number of hydrogen-bond donors (Lipinski definition) is 0. The van der Waals surface area contributed by atoms with Crippen molar-refractivity contribution >= 4 is 22.8 Å². The van der Waals surface area contributed by atoms with Crippen LogP contribution in [0.15, 0.2) is 77.1 Å². The zero-order valence-electron chi connectivity index (χ0n) is 15.9. The number of aryl methyl sites for hydroxylation is 1. The Labute approximate surface area is 171 Å². The van der Waals surface area contributed by atoms with E-state index in [1.54, 1.807) is 17.0 Å². The molecular weight excluding hydrogens is 388 g/mol. The van der Waals surface area contributed by atoms with E-state index in [1.807, 2.05) is 49.4 Å². The molecule has 0 aliphatic rings. The summed E-state index contributed by atoms with van der Waals surface area (Å²) in [6.07, 6.45) is 3.10. The molecule has 0 radical (unpaired) electrons. The Hall–Kier alpha value is -3.38. The van der Waals surface area contributed by atoms with Crippen molar-refractivity contribution in [1.29, 1.82) is 0 Å². The highest BCUT2D eigenvalue weighted by molar-refractivity contribution is 6.31. The molecule has 0 fully saturated rings. The average molecular weight is 407 g/mol. The summed E-state index contributed by atoms with van der Waals surface area (Å²) in [4.78, 5) is 30.8. The van der Waals surface area contributed by atoms with Gasteiger partial charge in [-0.2, -0.15) is 0 Å². The number of para-hydroxylation sites is 1. The predicted molar refractivity (Wildman–Crippen MR) is 115 cm³/mol. The van der Waals surface area contributed by atoms with E-state index in [4.69, 9.17) is 11.6 Å². The fraction of sp³-hybridized carbons (Fsp3) is 0.136. The van der Waals surface area contributed by atoms with Crippen LogP contribution in [0.5, 0.6) is 0 Å². The van der Waals surface area contributed by atoms with Crippen LogP contribution in [0.4, 0.5) is 0 Å². The highest BCUT2D eigenvalue weighted by Crippen LogP contribution is 2.20. The van der Waals surface area contributed by atoms with Crippen molar-refractivity contribution in [2.75, 3.05) is 0 Å². The van der Waals surface area contributed by atoms with Crippen LogP contribution in [-0.2, 0) is 13.1 Å². The zero-order valence-corrected chi connectivity index (χ0v) is 16.6. The van der Waals surface area contributed by atoms with E-state index in [0.717, 1.165) is 11.1 Å². The minimum atomic E-state index is -0.445. The molecule has 0 unspecified atom stereocenters. The topological polar surface area (TPSA) is 61.8 Å². The quantitative estimate of drug-likeness (QED) is 0.476. The van der Waals surface area contributed by atoms with Crippen molar-refractivity contribution in [3.63, 3.8) is 0 Å². The van der Waals surface area contributed by atoms with Gasteiger partial charge in [0.2, 0.25) is 0 Å². The summed E-state index contributed by atoms with van der Waals surface area (Å²) in [5.41, 5.74) is 2.26. The third-order valence-corrected chi connectivity index (χ3v) is 5.24. The van der Waals surface area contributed by atoms with Crippen molar-refractivity contribution in [2.24, 2.45) is 0 Å². The Balaban J connectivity index is 2.05. The average Bonchev–Trinajstić information content (AvgIpc) is 3.12. The Morgan fingerprint density at radius 3 is 2.55 bits per heavy atom. The van der Waals surface area contributed by atoms with Gasteiger partial charge in [0.05, 0.1) is 18.6 Å². The molecule has 4 rings (SSSR count). The van der Waals surface area contributed by atoms with Crippen molar-refractivity contribution in [3.8, 4) is 5.69 Å². The zero-order chi connectivity index (χ0) is 20.5. The number of allylic oxidation sites excluding steroid dienone is 1. The molecule has 0 saturated carbocycles. The van der Waals surface area contributed by atoms with Crippen molar-refractivity contribution in [2.45, 2.75) is 20.0 Å². The van der Waals surface area contributed by atoms with Gasteiger partial charge in [0.25, 0.3) is 5.56 Å². The number of imidazole rings is 1. The molecule has 0 spiro atoms. The molecule has 4 aromatic rings. The SMILES string of the molecule is C=CCn1c(=O)c2c(ncn2Cc2ccccc2Cl)n(-c2ccccc2C)c1=O. The molecule has 0 bridgehead atoms. The van der Waals surface area contributed by atoms with E-state index in [0.29, 0.717) is 28.4 Å². The minimum absolute atomic E-state index is 0.108. The Kier molecular flexibility index (Phi) is 4.94. The van der Waals surface area contributed by atoms with Gasteiger partial charge in [-0.3, -0.25) is 9.36 Å². The monoisotopic (exact) mass is 406 g/mol. The molecule has 0 aliphatic heterocycles. The molecule has 0 aliphatic carbocycles. The van der Waals surface area contributed by atoms with Crippen molar-refractivity contribution in [3.05, 3.63) is 105 Å². The second-order valence-corrected chi connectivity index (χ2v) is 7.15. The Morgan fingerprint density at radius 2 is 1.83 bits per heavy atom. The first kappa shape index (κ1) is 19.0. The van der Waals surface area contributed by atoms with Gasteiger partial charge in [0.15, 0.2) is 11.2 Å². The fourth-order valence-corrected chi connectivity index (χ4v) is 3.63. The molecule has 2 aromatic heterocycles. The van der Waals surface area contributed by atoms with Crippen molar-refractivity contribution < 1.29 is 0 Å². The van der Waals surface area contributed by atoms with Crippen LogP contribution < -0.4 is 11.2 Å². The second kappa shape index (κ2) is 7.56. The molecule has 0 N–H and O–H groups in total. The normalized spacial score (nSPS) is 11.1. The van der Waals surface area contributed by atoms with Crippen LogP contribution in [0.2, 0.25) is 5.02 Å². The summed E-state index contributed by atoms with van der Waals surface area (Å²) in [5.74, 6) is 0. The van der Waals surface area contributed by atoms with Gasteiger partial charge in [0, 0.05) is 11.6 Å². The summed E-state index contributed by atoms with van der Waals surface area (Å²) < 4.78 is 4.39. The molecule has 146 valence electrons. The largest absolute Gasteiger partial charge is 0.337 e. The highest BCUT2D eigenvalue weighted by atomic mass is 35.5. The van der Waals surface area contributed by atoms with Crippen molar-refractivity contribution in [1.82, 2.24) is 18.7 Å². The first-order chi connectivity index (χ1) is 14.0. The van der Waals surface area contributed by atoms with Gasteiger partial charge in [-0.15, -0.1) is 6.58 Å². The summed E-state index contributed by atoms with van der Waals surface area (Å²) >= 11 is 6.30. The lowest BCUT2D eigenvalue weighted by molar-refractivity contribution is 0.689. The number of fused-ring (bicyclic) bond motifs is 1. The lowest BCUT2D eigenvalue weighted by Crippen LogP contribution is -2.40. The number of rotatable bonds is 5. The predicted octanol–water partition coefficient (Wildman–Crippen LogP) is 3.55. The standard InChI is InChI=1S/C22H19ClN4O2/c1-3-12-26-21(28)19-20(27(22(26)29)18-11-7-4-8-15(18)2)24-14-25(19)13-16-9-5-6-10-17(16)23/h3-11,14H,1,12-13H2,2H3. The van der Waals surface area contributed by atoms with E-state index in [2.05, 4.69) is 11.6 Å². The highest BCUT2D eigenvalue weighted by Gasteiger charge is 2.19. The number of halogens is 1. The lowest BCUT2D eigenvalue weighted by Gasteiger charge is -2.13. The summed E-state index contributed by atoms with van der Waals surface area (Å²) in [7, 11) is 0. The van der Waals surface area contributed by atoms with Gasteiger partial charge in [-0.05, 0) is 30.2 Å². The molecule has 29 heavy (non-hydrogen) atoms. The fourth-order valence-electron chi connectivity index (χ4n) is 3.43. The minimum Gasteiger partial charge on any atom is -0.320 e. The first-order valence-corrected chi connectivity index (χ1v) is 9.51. The molecule has 7 heteroatoms. The summed E-state index contributed by atoms with van der Waals surface area (Å²) in [5, 5.41) is 0.605. The van der Waals surface area contributed by atoms with Gasteiger partial charge in [0.1, 0.15) is 0 Å². The third kappa shape index (κ3) is 3.21. The van der Waals surface area contributed by atoms with Gasteiger partial charge < -0.3 is 4.57 Å². The maximum absolute atomic E-state index is 13.2. The lowest BCUT2D eigenvalue weighted by atomic mass is 10.2. The van der Waals surface area contributed by atoms with Gasteiger partial charge >= 0.3 is 5.69 Å². The molecule has 0 saturated heterocycles. The third-order valence-electron chi connectivity index (χ3n) is 4.87. The summed E-state index contributed by atoms with van der Waals surface area (Å²) in [6, 6.07) is 14.9. The molecular formula is C22H19ClN4O2. The first-order valence-electron chi connectivity index (χ1n) is 9.14. The number of hydrogen-bond acceptors (Lipinski definition) is 3. The van der Waals surface area contributed by atoms with E-state index in [1.165, 1.54) is 15.2 Å². The smallest absolute Gasteiger partial charge is 0.320 e. The maximum atomic E-state index is 13.2. The van der Waals surface area contributed by atoms with Crippen LogP contribution in [0.3, 0.4) is 0 Å². The second-order valence-electron chi connectivity index (χ2n) is 6.74. The van der Waals surface area contributed by atoms with Crippen LogP contribution in [0.1, 0.15) is 11.1 Å². The van der Waals surface area contributed by atoms with Crippen LogP contribution in [-0.4, -0.2) is 18.7 Å². The van der Waals surface area contributed by atoms with Gasteiger partial charge in [-0.25, -0.2) is 14.3 Å². The maximum Gasteiger partial charge on any atom is 0.337 e. The van der Waals surface area contributed by atoms with E-state index < -0.39 is 11.2 Å². The molecule has 2 heterocycles. The van der Waals surface area contributed by atoms with Crippen LogP contribution >= 0.6 is 11.6 Å². The number of benzene rings is 2. The molecule has 0 atom stereocenters. The number of aromatic nitrogens is 4. The Bertz CT molecular complexity index is 1350. The molecule has 0 amide bonds. The number of nitrogens with zero attached hydrogens (tertiary/aromatic N) is 4. The van der Waals surface area contributed by atoms with E-state index >= 15 is 0 Å². The van der Waals surface area contributed by atoms with Crippen LogP contribution in [0, 0.1) is 6.92 Å².